The van der Waals surface area contributed by atoms with Gasteiger partial charge in [-0.15, -0.1) is 11.3 Å². The highest BCUT2D eigenvalue weighted by atomic mass is 79.9. The molecule has 0 unspecified atom stereocenters. The van der Waals surface area contributed by atoms with Gasteiger partial charge in [0, 0.05) is 16.8 Å². The Kier molecular flexibility index (Phi) is 5.25. The summed E-state index contributed by atoms with van der Waals surface area (Å²) in [6, 6.07) is 4.01. The van der Waals surface area contributed by atoms with E-state index in [0.717, 1.165) is 16.8 Å². The van der Waals surface area contributed by atoms with Crippen molar-refractivity contribution in [3.63, 3.8) is 0 Å². The lowest BCUT2D eigenvalue weighted by Crippen LogP contribution is -2.40. The van der Waals surface area contributed by atoms with E-state index in [4.69, 9.17) is 0 Å². The van der Waals surface area contributed by atoms with Crippen LogP contribution < -0.4 is 5.32 Å². The van der Waals surface area contributed by atoms with Crippen LogP contribution in [-0.2, 0) is 11.2 Å². The molecule has 1 N–H and O–H groups in total. The lowest BCUT2D eigenvalue weighted by molar-refractivity contribution is -0.120. The maximum Gasteiger partial charge on any atom is 0.225 e. The van der Waals surface area contributed by atoms with E-state index in [-0.39, 0.29) is 5.91 Å². The van der Waals surface area contributed by atoms with Gasteiger partial charge >= 0.3 is 0 Å². The third-order valence-corrected chi connectivity index (χ3v) is 5.84. The Morgan fingerprint density at radius 2 is 2.17 bits per heavy atom. The van der Waals surface area contributed by atoms with Crippen LogP contribution in [0.4, 0.5) is 0 Å². The fourth-order valence-corrected chi connectivity index (χ4v) is 4.04. The van der Waals surface area contributed by atoms with Gasteiger partial charge in [0.2, 0.25) is 5.91 Å². The lowest BCUT2D eigenvalue weighted by atomic mass is 9.75. The Balaban J connectivity index is 1.80. The van der Waals surface area contributed by atoms with Gasteiger partial charge in [-0.2, -0.15) is 0 Å². The Morgan fingerprint density at radius 3 is 2.78 bits per heavy atom. The molecule has 0 radical (unpaired) electrons. The van der Waals surface area contributed by atoms with Gasteiger partial charge in [0.15, 0.2) is 0 Å². The highest BCUT2D eigenvalue weighted by Crippen LogP contribution is 2.37. The second-order valence-corrected chi connectivity index (χ2v) is 6.82. The first-order chi connectivity index (χ1) is 8.74. The monoisotopic (exact) mass is 329 g/mol. The minimum absolute atomic E-state index is 0.156. The van der Waals surface area contributed by atoms with E-state index in [0.29, 0.717) is 11.8 Å². The number of carbonyl (C=O) groups is 1. The highest BCUT2D eigenvalue weighted by Gasteiger charge is 2.31. The molecule has 0 atom stereocenters. The standard InChI is InChI=1S/C14H20BrNOS/c15-10-14(6-2-1-3-7-14)11-16-13(17)9-12-5-4-8-18-12/h4-5,8H,1-3,6-7,9-11H2,(H,16,17). The number of rotatable bonds is 5. The van der Waals surface area contributed by atoms with Gasteiger partial charge in [0.25, 0.3) is 0 Å². The van der Waals surface area contributed by atoms with E-state index < -0.39 is 0 Å². The minimum atomic E-state index is 0.156. The van der Waals surface area contributed by atoms with E-state index in [1.165, 1.54) is 32.1 Å². The Hall–Kier alpha value is -0.350. The maximum atomic E-state index is 11.9. The molecule has 0 bridgehead atoms. The zero-order valence-corrected chi connectivity index (χ0v) is 13.0. The van der Waals surface area contributed by atoms with Crippen molar-refractivity contribution in [1.29, 1.82) is 0 Å². The molecular weight excluding hydrogens is 310 g/mol. The number of thiophene rings is 1. The van der Waals surface area contributed by atoms with Crippen molar-refractivity contribution in [2.24, 2.45) is 5.41 Å². The zero-order valence-electron chi connectivity index (χ0n) is 10.6. The van der Waals surface area contributed by atoms with E-state index in [1.54, 1.807) is 11.3 Å². The predicted octanol–water partition coefficient (Wildman–Crippen LogP) is 3.75. The molecule has 1 aromatic rings. The molecule has 0 aromatic carbocycles. The van der Waals surface area contributed by atoms with Crippen LogP contribution in [0.2, 0.25) is 0 Å². The zero-order chi connectivity index (χ0) is 12.8. The average Bonchev–Trinajstić information content (AvgIpc) is 2.90. The van der Waals surface area contributed by atoms with Gasteiger partial charge in [-0.25, -0.2) is 0 Å². The molecule has 1 fully saturated rings. The smallest absolute Gasteiger partial charge is 0.225 e. The van der Waals surface area contributed by atoms with Crippen LogP contribution in [0.1, 0.15) is 37.0 Å². The topological polar surface area (TPSA) is 29.1 Å². The minimum Gasteiger partial charge on any atom is -0.355 e. The Morgan fingerprint density at radius 1 is 1.39 bits per heavy atom. The number of hydrogen-bond donors (Lipinski definition) is 1. The van der Waals surface area contributed by atoms with Gasteiger partial charge in [0.05, 0.1) is 6.42 Å². The van der Waals surface area contributed by atoms with Crippen molar-refractivity contribution >= 4 is 33.2 Å². The van der Waals surface area contributed by atoms with Gasteiger partial charge in [-0.05, 0) is 29.7 Å². The molecule has 100 valence electrons. The molecule has 0 aliphatic heterocycles. The SMILES string of the molecule is O=C(Cc1cccs1)NCC1(CBr)CCCCC1. The molecule has 2 rings (SSSR count). The first kappa shape index (κ1) is 14.1. The molecule has 1 saturated carbocycles. The third-order valence-electron chi connectivity index (χ3n) is 3.77. The van der Waals surface area contributed by atoms with Gasteiger partial charge < -0.3 is 5.32 Å². The van der Waals surface area contributed by atoms with Crippen LogP contribution in [0, 0.1) is 5.41 Å². The molecule has 1 heterocycles. The molecule has 1 amide bonds. The second-order valence-electron chi connectivity index (χ2n) is 5.23. The first-order valence-electron chi connectivity index (χ1n) is 6.59. The summed E-state index contributed by atoms with van der Waals surface area (Å²) in [5.74, 6) is 0.156. The largest absolute Gasteiger partial charge is 0.355 e. The third kappa shape index (κ3) is 3.82. The second kappa shape index (κ2) is 6.71. The molecule has 18 heavy (non-hydrogen) atoms. The Bertz CT molecular complexity index is 371. The molecule has 4 heteroatoms. The molecule has 1 aliphatic carbocycles. The summed E-state index contributed by atoms with van der Waals surface area (Å²) >= 11 is 5.28. The van der Waals surface area contributed by atoms with Crippen molar-refractivity contribution < 1.29 is 4.79 Å². The van der Waals surface area contributed by atoms with Crippen LogP contribution >= 0.6 is 27.3 Å². The lowest BCUT2D eigenvalue weighted by Gasteiger charge is -2.35. The highest BCUT2D eigenvalue weighted by molar-refractivity contribution is 9.09. The molecule has 1 aliphatic rings. The average molecular weight is 330 g/mol. The summed E-state index contributed by atoms with van der Waals surface area (Å²) in [5, 5.41) is 6.14. The quantitative estimate of drug-likeness (QED) is 0.819. The van der Waals surface area contributed by atoms with Crippen LogP contribution in [0.3, 0.4) is 0 Å². The summed E-state index contributed by atoms with van der Waals surface area (Å²) in [4.78, 5) is 13.0. The number of amides is 1. The Labute approximate surface area is 121 Å². The number of nitrogens with one attached hydrogen (secondary N) is 1. The summed E-state index contributed by atoms with van der Waals surface area (Å²) in [7, 11) is 0. The fraction of sp³-hybridized carbons (Fsp3) is 0.643. The number of hydrogen-bond acceptors (Lipinski definition) is 2. The molecule has 1 aromatic heterocycles. The summed E-state index contributed by atoms with van der Waals surface area (Å²) in [6.07, 6.45) is 6.93. The summed E-state index contributed by atoms with van der Waals surface area (Å²) in [6.45, 7) is 0.822. The molecule has 2 nitrogen and oxygen atoms in total. The van der Waals surface area contributed by atoms with Crippen molar-refractivity contribution in [1.82, 2.24) is 5.32 Å². The van der Waals surface area contributed by atoms with Gasteiger partial charge in [-0.1, -0.05) is 41.3 Å². The van der Waals surface area contributed by atoms with E-state index >= 15 is 0 Å². The number of carbonyl (C=O) groups excluding carboxylic acids is 1. The molecular formula is C14H20BrNOS. The van der Waals surface area contributed by atoms with Crippen molar-refractivity contribution in [2.75, 3.05) is 11.9 Å². The van der Waals surface area contributed by atoms with Gasteiger partial charge in [-0.3, -0.25) is 4.79 Å². The van der Waals surface area contributed by atoms with E-state index in [1.807, 2.05) is 17.5 Å². The van der Waals surface area contributed by atoms with Crippen molar-refractivity contribution in [3.8, 4) is 0 Å². The predicted molar refractivity (Wildman–Crippen MR) is 80.3 cm³/mol. The van der Waals surface area contributed by atoms with Crippen LogP contribution in [0.5, 0.6) is 0 Å². The van der Waals surface area contributed by atoms with Gasteiger partial charge in [0.1, 0.15) is 0 Å². The van der Waals surface area contributed by atoms with Crippen LogP contribution in [0.25, 0.3) is 0 Å². The molecule has 0 spiro atoms. The fourth-order valence-electron chi connectivity index (χ4n) is 2.58. The summed E-state index contributed by atoms with van der Waals surface area (Å²) < 4.78 is 0. The normalized spacial score (nSPS) is 18.5. The van der Waals surface area contributed by atoms with E-state index in [2.05, 4.69) is 21.2 Å². The first-order valence-corrected chi connectivity index (χ1v) is 8.59. The van der Waals surface area contributed by atoms with Crippen LogP contribution in [0.15, 0.2) is 17.5 Å². The number of alkyl halides is 1. The maximum absolute atomic E-state index is 11.9. The van der Waals surface area contributed by atoms with Crippen molar-refractivity contribution in [2.45, 2.75) is 38.5 Å². The van der Waals surface area contributed by atoms with E-state index in [9.17, 15) is 4.79 Å². The summed E-state index contributed by atoms with van der Waals surface area (Å²) in [5.41, 5.74) is 0.295. The van der Waals surface area contributed by atoms with Crippen molar-refractivity contribution in [3.05, 3.63) is 22.4 Å². The van der Waals surface area contributed by atoms with Crippen LogP contribution in [-0.4, -0.2) is 17.8 Å². The number of halogens is 1. The molecule has 0 saturated heterocycles.